The van der Waals surface area contributed by atoms with Crippen molar-refractivity contribution < 1.29 is 13.7 Å². The highest BCUT2D eigenvalue weighted by Crippen LogP contribution is 2.22. The van der Waals surface area contributed by atoms with E-state index in [2.05, 4.69) is 60.3 Å². The lowest BCUT2D eigenvalue weighted by molar-refractivity contribution is -0.688. The third-order valence-electron chi connectivity index (χ3n) is 4.74. The van der Waals surface area contributed by atoms with Crippen molar-refractivity contribution in [1.29, 1.82) is 0 Å². The highest BCUT2D eigenvalue weighted by atomic mass is 16.5. The first kappa shape index (κ1) is 18.0. The topological polar surface area (TPSA) is 43.3 Å². The Balaban J connectivity index is 1.43. The summed E-state index contributed by atoms with van der Waals surface area (Å²) < 4.78 is 13.3. The van der Waals surface area contributed by atoms with E-state index in [4.69, 9.17) is 9.15 Å². The fourth-order valence-corrected chi connectivity index (χ4v) is 3.27. The van der Waals surface area contributed by atoms with Crippen LogP contribution in [0.4, 0.5) is 0 Å². The molecule has 0 aliphatic heterocycles. The molecule has 2 aromatic heterocycles. The third-order valence-corrected chi connectivity index (χ3v) is 4.74. The minimum Gasteiger partial charge on any atom is -0.489 e. The molecule has 0 saturated heterocycles. The lowest BCUT2D eigenvalue weighted by atomic mass is 10.1. The molecule has 2 heterocycles. The minimum atomic E-state index is -0.344. The van der Waals surface area contributed by atoms with E-state index in [0.717, 1.165) is 23.1 Å². The van der Waals surface area contributed by atoms with Crippen LogP contribution < -0.4 is 14.9 Å². The first-order chi connectivity index (χ1) is 13.6. The van der Waals surface area contributed by atoms with Crippen LogP contribution in [-0.4, -0.2) is 0 Å². The van der Waals surface area contributed by atoms with Gasteiger partial charge in [-0.25, -0.2) is 9.36 Å². The number of benzene rings is 2. The monoisotopic (exact) mass is 372 g/mol. The number of aryl methyl sites for hydroxylation is 2. The maximum atomic E-state index is 11.6. The van der Waals surface area contributed by atoms with Gasteiger partial charge in [0, 0.05) is 40.8 Å². The minimum absolute atomic E-state index is 0.344. The van der Waals surface area contributed by atoms with Crippen LogP contribution in [0.15, 0.2) is 82.3 Å². The van der Waals surface area contributed by atoms with Gasteiger partial charge in [-0.15, -0.1) is 0 Å². The van der Waals surface area contributed by atoms with Crippen molar-refractivity contribution in [2.24, 2.45) is 0 Å². The zero-order valence-corrected chi connectivity index (χ0v) is 16.0. The molecule has 140 valence electrons. The van der Waals surface area contributed by atoms with E-state index in [9.17, 15) is 4.79 Å². The van der Waals surface area contributed by atoms with Crippen molar-refractivity contribution >= 4 is 11.0 Å². The predicted molar refractivity (Wildman–Crippen MR) is 108 cm³/mol. The number of ether oxygens (including phenoxy) is 1. The van der Waals surface area contributed by atoms with Gasteiger partial charge in [0.25, 0.3) is 0 Å². The first-order valence-electron chi connectivity index (χ1n) is 9.28. The number of pyridine rings is 1. The summed E-state index contributed by atoms with van der Waals surface area (Å²) in [5.41, 5.74) is 4.73. The van der Waals surface area contributed by atoms with Crippen LogP contribution in [0.3, 0.4) is 0 Å². The van der Waals surface area contributed by atoms with Gasteiger partial charge in [0.2, 0.25) is 0 Å². The van der Waals surface area contributed by atoms with Crippen LogP contribution >= 0.6 is 0 Å². The molecule has 4 rings (SSSR count). The maximum absolute atomic E-state index is 11.6. The van der Waals surface area contributed by atoms with Gasteiger partial charge < -0.3 is 9.15 Å². The number of nitrogens with zero attached hydrogens (tertiary/aromatic N) is 1. The number of fused-ring (bicyclic) bond motifs is 1. The molecule has 0 N–H and O–H groups in total. The molecule has 0 spiro atoms. The second-order valence-electron chi connectivity index (χ2n) is 7.06. The van der Waals surface area contributed by atoms with E-state index >= 15 is 0 Å². The van der Waals surface area contributed by atoms with Crippen LogP contribution in [0.5, 0.6) is 5.75 Å². The highest BCUT2D eigenvalue weighted by Gasteiger charge is 2.06. The molecule has 28 heavy (non-hydrogen) atoms. The average Bonchev–Trinajstić information content (AvgIpc) is 2.67. The molecule has 0 aliphatic rings. The summed E-state index contributed by atoms with van der Waals surface area (Å²) in [6.45, 7) is 5.29. The number of hydrogen-bond donors (Lipinski definition) is 0. The normalized spacial score (nSPS) is 10.9. The van der Waals surface area contributed by atoms with Crippen molar-refractivity contribution in [3.8, 4) is 5.75 Å². The van der Waals surface area contributed by atoms with Crippen molar-refractivity contribution in [1.82, 2.24) is 0 Å². The molecule has 0 amide bonds. The van der Waals surface area contributed by atoms with E-state index in [1.54, 1.807) is 6.07 Å². The molecule has 0 atom stereocenters. The lowest BCUT2D eigenvalue weighted by Crippen LogP contribution is -2.33. The molecule has 4 nitrogen and oxygen atoms in total. The molecule has 0 fully saturated rings. The summed E-state index contributed by atoms with van der Waals surface area (Å²) in [5.74, 6) is 0.678. The van der Waals surface area contributed by atoms with Crippen molar-refractivity contribution in [3.63, 3.8) is 0 Å². The average molecular weight is 372 g/mol. The maximum Gasteiger partial charge on any atom is 0.336 e. The Bertz CT molecular complexity index is 1180. The Hall–Kier alpha value is -3.40. The van der Waals surface area contributed by atoms with Crippen LogP contribution in [0.25, 0.3) is 11.0 Å². The second-order valence-corrected chi connectivity index (χ2v) is 7.06. The molecule has 0 bridgehead atoms. The van der Waals surface area contributed by atoms with Gasteiger partial charge in [-0.2, -0.15) is 0 Å². The summed E-state index contributed by atoms with van der Waals surface area (Å²) in [6, 6.07) is 19.7. The molecular formula is C24H22NO3+. The Morgan fingerprint density at radius 1 is 0.929 bits per heavy atom. The van der Waals surface area contributed by atoms with Crippen molar-refractivity contribution in [3.05, 3.63) is 106 Å². The molecule has 0 unspecified atom stereocenters. The van der Waals surface area contributed by atoms with Gasteiger partial charge in [0.05, 0.1) is 0 Å². The van der Waals surface area contributed by atoms with Gasteiger partial charge >= 0.3 is 5.63 Å². The van der Waals surface area contributed by atoms with E-state index in [1.165, 1.54) is 17.2 Å². The van der Waals surface area contributed by atoms with Gasteiger partial charge in [0.1, 0.15) is 17.9 Å². The molecule has 0 saturated carbocycles. The summed E-state index contributed by atoms with van der Waals surface area (Å²) in [4.78, 5) is 11.6. The van der Waals surface area contributed by atoms with Crippen LogP contribution in [0.2, 0.25) is 0 Å². The van der Waals surface area contributed by atoms with E-state index in [-0.39, 0.29) is 5.63 Å². The SMILES string of the molecule is Cc1cccc(C[n+]2ccc(COc3ccc4c(C)cc(=O)oc4c3)cc2)c1. The molecular weight excluding hydrogens is 350 g/mol. The fraction of sp³-hybridized carbons (Fsp3) is 0.167. The standard InChI is InChI=1S/C24H22NO3/c1-17-4-3-5-20(12-17)15-25-10-8-19(9-11-25)16-27-21-6-7-22-18(2)13-24(26)28-23(22)14-21/h3-14H,15-16H2,1-2H3/q+1. The number of rotatable bonds is 5. The summed E-state index contributed by atoms with van der Waals surface area (Å²) in [6.07, 6.45) is 4.12. The van der Waals surface area contributed by atoms with Crippen LogP contribution in [0, 0.1) is 13.8 Å². The number of aromatic nitrogens is 1. The fourth-order valence-electron chi connectivity index (χ4n) is 3.27. The van der Waals surface area contributed by atoms with Crippen LogP contribution in [-0.2, 0) is 13.2 Å². The van der Waals surface area contributed by atoms with Crippen LogP contribution in [0.1, 0.15) is 22.3 Å². The lowest BCUT2D eigenvalue weighted by Gasteiger charge is -2.07. The first-order valence-corrected chi connectivity index (χ1v) is 9.28. The molecule has 0 aliphatic carbocycles. The largest absolute Gasteiger partial charge is 0.489 e. The summed E-state index contributed by atoms with van der Waals surface area (Å²) in [7, 11) is 0. The van der Waals surface area contributed by atoms with Gasteiger partial charge in [-0.3, -0.25) is 0 Å². The Morgan fingerprint density at radius 2 is 1.75 bits per heavy atom. The Kier molecular flexibility index (Phi) is 4.94. The number of hydrogen-bond acceptors (Lipinski definition) is 3. The summed E-state index contributed by atoms with van der Waals surface area (Å²) >= 11 is 0. The van der Waals surface area contributed by atoms with E-state index in [0.29, 0.717) is 17.9 Å². The predicted octanol–water partition coefficient (Wildman–Crippen LogP) is 4.32. The quantitative estimate of drug-likeness (QED) is 0.387. The third kappa shape index (κ3) is 4.12. The zero-order chi connectivity index (χ0) is 19.5. The Morgan fingerprint density at radius 3 is 2.54 bits per heavy atom. The Labute approximate surface area is 163 Å². The molecule has 0 radical (unpaired) electrons. The van der Waals surface area contributed by atoms with Gasteiger partial charge in [-0.05, 0) is 37.6 Å². The molecule has 4 heteroatoms. The molecule has 2 aromatic carbocycles. The van der Waals surface area contributed by atoms with Gasteiger partial charge in [0.15, 0.2) is 18.9 Å². The molecule has 4 aromatic rings. The summed E-state index contributed by atoms with van der Waals surface area (Å²) in [5, 5.41) is 0.920. The van der Waals surface area contributed by atoms with Crippen molar-refractivity contribution in [2.75, 3.05) is 0 Å². The highest BCUT2D eigenvalue weighted by molar-refractivity contribution is 5.81. The van der Waals surface area contributed by atoms with Crippen molar-refractivity contribution in [2.45, 2.75) is 27.0 Å². The van der Waals surface area contributed by atoms with E-state index in [1.807, 2.05) is 19.1 Å². The second kappa shape index (κ2) is 7.69. The van der Waals surface area contributed by atoms with Gasteiger partial charge in [-0.1, -0.05) is 23.8 Å². The smallest absolute Gasteiger partial charge is 0.336 e. The zero-order valence-electron chi connectivity index (χ0n) is 16.0. The van der Waals surface area contributed by atoms with E-state index < -0.39 is 0 Å².